The molecule has 0 atom stereocenters. The number of methoxy groups -OCH3 is 1. The Bertz CT molecular complexity index is 932. The van der Waals surface area contributed by atoms with Gasteiger partial charge in [0.1, 0.15) is 5.75 Å². The Labute approximate surface area is 162 Å². The summed E-state index contributed by atoms with van der Waals surface area (Å²) in [6.07, 6.45) is 0. The first-order chi connectivity index (χ1) is 12.1. The second-order valence-electron chi connectivity index (χ2n) is 5.56. The summed E-state index contributed by atoms with van der Waals surface area (Å²) in [4.78, 5) is 12.3. The molecule has 1 N–H and O–H groups in total. The lowest BCUT2D eigenvalue weighted by Gasteiger charge is -2.18. The zero-order valence-corrected chi connectivity index (χ0v) is 16.7. The van der Waals surface area contributed by atoms with E-state index in [4.69, 9.17) is 27.9 Å². The number of anilines is 1. The maximum Gasteiger partial charge on any atom is 0.243 e. The number of hydrogen-bond donors (Lipinski definition) is 1. The molecule has 2 aromatic carbocycles. The third-order valence-electron chi connectivity index (χ3n) is 3.64. The highest BCUT2D eigenvalue weighted by atomic mass is 35.5. The largest absolute Gasteiger partial charge is 0.496 e. The van der Waals surface area contributed by atoms with Crippen LogP contribution in [0.4, 0.5) is 5.69 Å². The van der Waals surface area contributed by atoms with Crippen molar-refractivity contribution in [2.24, 2.45) is 0 Å². The number of carbonyl (C=O) groups is 1. The van der Waals surface area contributed by atoms with Crippen molar-refractivity contribution in [1.29, 1.82) is 0 Å². The molecule has 0 unspecified atom stereocenters. The fraction of sp³-hybridized carbons (Fsp3) is 0.235. The zero-order chi connectivity index (χ0) is 19.5. The van der Waals surface area contributed by atoms with Crippen LogP contribution in [-0.2, 0) is 14.8 Å². The van der Waals surface area contributed by atoms with Crippen molar-refractivity contribution in [2.75, 3.05) is 26.0 Å². The van der Waals surface area contributed by atoms with Crippen molar-refractivity contribution in [1.82, 2.24) is 4.31 Å². The highest BCUT2D eigenvalue weighted by Gasteiger charge is 2.24. The number of halogens is 2. The third kappa shape index (κ3) is 4.67. The maximum atomic E-state index is 12.7. The Balaban J connectivity index is 2.14. The molecule has 0 aliphatic rings. The quantitative estimate of drug-likeness (QED) is 0.780. The van der Waals surface area contributed by atoms with Gasteiger partial charge in [-0.3, -0.25) is 4.79 Å². The summed E-state index contributed by atoms with van der Waals surface area (Å²) in [5.41, 5.74) is 0.993. The molecule has 1 amide bonds. The molecule has 0 saturated heterocycles. The lowest BCUT2D eigenvalue weighted by Crippen LogP contribution is -2.35. The molecule has 0 heterocycles. The Hall–Kier alpha value is -1.80. The highest BCUT2D eigenvalue weighted by Crippen LogP contribution is 2.26. The first-order valence-electron chi connectivity index (χ1n) is 7.51. The van der Waals surface area contributed by atoms with Gasteiger partial charge in [-0.15, -0.1) is 0 Å². The molecule has 6 nitrogen and oxygen atoms in total. The lowest BCUT2D eigenvalue weighted by atomic mass is 10.2. The standard InChI is InChI=1S/C17H18Cl2N2O4S/c1-11-8-13(5-7-16(11)25-3)26(23,24)21(2)10-17(22)20-15-9-12(18)4-6-14(15)19/h4-9H,10H2,1-3H3,(H,20,22). The van der Waals surface area contributed by atoms with E-state index in [1.807, 2.05) is 0 Å². The summed E-state index contributed by atoms with van der Waals surface area (Å²) in [5.74, 6) is 0.0467. The van der Waals surface area contributed by atoms with Crippen molar-refractivity contribution in [2.45, 2.75) is 11.8 Å². The van der Waals surface area contributed by atoms with Crippen molar-refractivity contribution >= 4 is 44.8 Å². The van der Waals surface area contributed by atoms with Crippen molar-refractivity contribution in [3.8, 4) is 5.75 Å². The zero-order valence-electron chi connectivity index (χ0n) is 14.4. The minimum absolute atomic E-state index is 0.0758. The second-order valence-corrected chi connectivity index (χ2v) is 8.45. The van der Waals surface area contributed by atoms with Gasteiger partial charge in [-0.1, -0.05) is 23.2 Å². The summed E-state index contributed by atoms with van der Waals surface area (Å²) < 4.78 is 31.4. The van der Waals surface area contributed by atoms with Gasteiger partial charge in [-0.05, 0) is 48.9 Å². The molecule has 9 heteroatoms. The first kappa shape index (κ1) is 20.5. The Morgan fingerprint density at radius 3 is 2.50 bits per heavy atom. The van der Waals surface area contributed by atoms with Gasteiger partial charge in [0, 0.05) is 12.1 Å². The molecule has 0 aromatic heterocycles. The highest BCUT2D eigenvalue weighted by molar-refractivity contribution is 7.89. The van der Waals surface area contributed by atoms with Gasteiger partial charge in [-0.25, -0.2) is 8.42 Å². The smallest absolute Gasteiger partial charge is 0.243 e. The van der Waals surface area contributed by atoms with Crippen LogP contribution >= 0.6 is 23.2 Å². The van der Waals surface area contributed by atoms with E-state index in [1.165, 1.54) is 32.4 Å². The summed E-state index contributed by atoms with van der Waals surface area (Å²) in [7, 11) is -0.999. The van der Waals surface area contributed by atoms with Crippen LogP contribution in [0.15, 0.2) is 41.3 Å². The monoisotopic (exact) mass is 416 g/mol. The molecular weight excluding hydrogens is 399 g/mol. The number of hydrogen-bond acceptors (Lipinski definition) is 4. The molecule has 0 spiro atoms. The van der Waals surface area contributed by atoms with E-state index in [1.54, 1.807) is 25.1 Å². The van der Waals surface area contributed by atoms with Crippen molar-refractivity contribution < 1.29 is 17.9 Å². The Kier molecular flexibility index (Phi) is 6.52. The van der Waals surface area contributed by atoms with Gasteiger partial charge in [0.15, 0.2) is 0 Å². The van der Waals surface area contributed by atoms with Crippen LogP contribution in [0.1, 0.15) is 5.56 Å². The minimum Gasteiger partial charge on any atom is -0.496 e. The van der Waals surface area contributed by atoms with Gasteiger partial charge in [0.25, 0.3) is 0 Å². The number of carbonyl (C=O) groups excluding carboxylic acids is 1. The number of ether oxygens (including phenoxy) is 1. The molecule has 0 aliphatic heterocycles. The number of aryl methyl sites for hydroxylation is 1. The van der Waals surface area contributed by atoms with E-state index >= 15 is 0 Å². The maximum absolute atomic E-state index is 12.7. The van der Waals surface area contributed by atoms with E-state index in [9.17, 15) is 13.2 Å². The molecule has 2 rings (SSSR count). The number of nitrogens with one attached hydrogen (secondary N) is 1. The third-order valence-corrected chi connectivity index (χ3v) is 6.01. The van der Waals surface area contributed by atoms with Gasteiger partial charge in [0.05, 0.1) is 29.3 Å². The van der Waals surface area contributed by atoms with Crippen LogP contribution in [0.2, 0.25) is 10.0 Å². The van der Waals surface area contributed by atoms with Crippen molar-refractivity contribution in [3.05, 3.63) is 52.0 Å². The number of amides is 1. The van der Waals surface area contributed by atoms with Crippen LogP contribution in [0.5, 0.6) is 5.75 Å². The molecule has 0 radical (unpaired) electrons. The van der Waals surface area contributed by atoms with Gasteiger partial charge in [0.2, 0.25) is 15.9 Å². The van der Waals surface area contributed by atoms with Crippen LogP contribution < -0.4 is 10.1 Å². The normalized spacial score (nSPS) is 11.5. The van der Waals surface area contributed by atoms with Crippen LogP contribution in [0.3, 0.4) is 0 Å². The first-order valence-corrected chi connectivity index (χ1v) is 9.70. The van der Waals surface area contributed by atoms with Crippen LogP contribution in [0.25, 0.3) is 0 Å². The van der Waals surface area contributed by atoms with Gasteiger partial charge < -0.3 is 10.1 Å². The number of benzene rings is 2. The van der Waals surface area contributed by atoms with Crippen molar-refractivity contribution in [3.63, 3.8) is 0 Å². The molecule has 0 saturated carbocycles. The summed E-state index contributed by atoms with van der Waals surface area (Å²) in [6.45, 7) is 1.36. The lowest BCUT2D eigenvalue weighted by molar-refractivity contribution is -0.116. The van der Waals surface area contributed by atoms with E-state index in [2.05, 4.69) is 5.32 Å². The van der Waals surface area contributed by atoms with E-state index in [0.717, 1.165) is 4.31 Å². The topological polar surface area (TPSA) is 75.7 Å². The fourth-order valence-electron chi connectivity index (χ4n) is 2.26. The molecule has 0 fully saturated rings. The molecule has 2 aromatic rings. The molecular formula is C17H18Cl2N2O4S. The Morgan fingerprint density at radius 2 is 1.88 bits per heavy atom. The molecule has 0 aliphatic carbocycles. The number of likely N-dealkylation sites (N-methyl/N-ethyl adjacent to an activating group) is 1. The fourth-order valence-corrected chi connectivity index (χ4v) is 3.81. The molecule has 0 bridgehead atoms. The van der Waals surface area contributed by atoms with E-state index in [-0.39, 0.29) is 11.4 Å². The number of rotatable bonds is 6. The van der Waals surface area contributed by atoms with E-state index < -0.39 is 15.9 Å². The van der Waals surface area contributed by atoms with Gasteiger partial charge in [-0.2, -0.15) is 4.31 Å². The van der Waals surface area contributed by atoms with Crippen LogP contribution in [0, 0.1) is 6.92 Å². The van der Waals surface area contributed by atoms with Gasteiger partial charge >= 0.3 is 0 Å². The average Bonchev–Trinajstić information content (AvgIpc) is 2.57. The minimum atomic E-state index is -3.83. The average molecular weight is 417 g/mol. The summed E-state index contributed by atoms with van der Waals surface area (Å²) in [6, 6.07) is 9.12. The van der Waals surface area contributed by atoms with Crippen LogP contribution in [-0.4, -0.2) is 39.3 Å². The van der Waals surface area contributed by atoms with E-state index in [0.29, 0.717) is 27.0 Å². The summed E-state index contributed by atoms with van der Waals surface area (Å²) >= 11 is 11.9. The predicted octanol–water partition coefficient (Wildman–Crippen LogP) is 3.57. The molecule has 26 heavy (non-hydrogen) atoms. The Morgan fingerprint density at radius 1 is 1.19 bits per heavy atom. The SMILES string of the molecule is COc1ccc(S(=O)(=O)N(C)CC(=O)Nc2cc(Cl)ccc2Cl)cc1C. The predicted molar refractivity (Wildman–Crippen MR) is 103 cm³/mol. The second kappa shape index (κ2) is 8.26. The summed E-state index contributed by atoms with van der Waals surface area (Å²) in [5, 5.41) is 3.26. The molecule has 140 valence electrons. The number of nitrogens with zero attached hydrogens (tertiary/aromatic N) is 1. The number of sulfonamides is 1.